The number of aryl methyl sites for hydroxylation is 1. The van der Waals surface area contributed by atoms with Crippen LogP contribution < -0.4 is 10.1 Å². The third-order valence-corrected chi connectivity index (χ3v) is 16.7. The summed E-state index contributed by atoms with van der Waals surface area (Å²) in [6, 6.07) is 3.66. The lowest BCUT2D eigenvalue weighted by Crippen LogP contribution is -2.65. The number of fused-ring (bicyclic) bond motifs is 1. The summed E-state index contributed by atoms with van der Waals surface area (Å²) in [7, 11) is -2.16. The van der Waals surface area contributed by atoms with E-state index in [1.165, 1.54) is 5.57 Å². The fourth-order valence-electron chi connectivity index (χ4n) is 7.90. The van der Waals surface area contributed by atoms with Gasteiger partial charge in [-0.25, -0.2) is 4.79 Å². The number of carbonyl (C=O) groups excluding carboxylic acids is 2. The van der Waals surface area contributed by atoms with Gasteiger partial charge in [0.05, 0.1) is 24.7 Å². The molecule has 0 aromatic heterocycles. The van der Waals surface area contributed by atoms with Crippen LogP contribution in [0.1, 0.15) is 118 Å². The minimum Gasteiger partial charge on any atom is -0.507 e. The molecule has 0 bridgehead atoms. The van der Waals surface area contributed by atoms with Gasteiger partial charge in [0.2, 0.25) is 5.91 Å². The smallest absolute Gasteiger partial charge is 0.355 e. The summed E-state index contributed by atoms with van der Waals surface area (Å²) >= 11 is 5.83. The Hall–Kier alpha value is -2.95. The number of thiocarbonyl (C=S) groups is 1. The third-order valence-electron chi connectivity index (χ3n) is 11.9. The molecule has 1 unspecified atom stereocenters. The average molecular weight is 767 g/mol. The molecule has 1 amide bonds. The molecule has 2 N–H and O–H groups in total. The van der Waals surface area contributed by atoms with Crippen molar-refractivity contribution in [1.82, 2.24) is 10.2 Å². The topological polar surface area (TPSA) is 97.3 Å². The number of rotatable bonds is 15. The summed E-state index contributed by atoms with van der Waals surface area (Å²) in [6.07, 6.45) is 7.88. The van der Waals surface area contributed by atoms with Crippen LogP contribution in [0, 0.1) is 23.7 Å². The van der Waals surface area contributed by atoms with Gasteiger partial charge in [0.1, 0.15) is 17.2 Å². The van der Waals surface area contributed by atoms with E-state index < -0.39 is 14.3 Å². The van der Waals surface area contributed by atoms with E-state index in [1.54, 1.807) is 4.90 Å². The maximum atomic E-state index is 13.9. The number of nitrogens with zero attached hydrogens (tertiary/aromatic N) is 1. The minimum atomic E-state index is -2.16. The van der Waals surface area contributed by atoms with Gasteiger partial charge in [-0.2, -0.15) is 0 Å². The average Bonchev–Trinajstić information content (AvgIpc) is 3.29. The molecule has 0 saturated carbocycles. The second-order valence-electron chi connectivity index (χ2n) is 17.7. The van der Waals surface area contributed by atoms with Gasteiger partial charge in [0.15, 0.2) is 8.32 Å². The number of hydrogen-bond donors (Lipinski definition) is 2. The van der Waals surface area contributed by atoms with Crippen LogP contribution in [-0.4, -0.2) is 60.7 Å². The van der Waals surface area contributed by atoms with Crippen molar-refractivity contribution in [1.29, 1.82) is 0 Å². The second kappa shape index (κ2) is 17.2. The van der Waals surface area contributed by atoms with Crippen molar-refractivity contribution in [3.05, 3.63) is 58.3 Å². The molecule has 53 heavy (non-hydrogen) atoms. The van der Waals surface area contributed by atoms with E-state index in [0.29, 0.717) is 17.0 Å². The van der Waals surface area contributed by atoms with Gasteiger partial charge in [0.25, 0.3) is 5.17 Å². The Morgan fingerprint density at radius 2 is 1.87 bits per heavy atom. The number of hydrogen-bond acceptors (Lipinski definition) is 7. The van der Waals surface area contributed by atoms with Crippen LogP contribution in [0.5, 0.6) is 11.5 Å². The molecule has 0 radical (unpaired) electrons. The number of esters is 1. The molecule has 1 aliphatic carbocycles. The number of benzene rings is 1. The maximum Gasteiger partial charge on any atom is 0.355 e. The fourth-order valence-corrected chi connectivity index (χ4v) is 9.49. The molecule has 10 heteroatoms. The van der Waals surface area contributed by atoms with Crippen LogP contribution in [0.15, 0.2) is 47.2 Å². The van der Waals surface area contributed by atoms with Crippen molar-refractivity contribution in [3.63, 3.8) is 0 Å². The molecule has 0 spiro atoms. The van der Waals surface area contributed by atoms with Gasteiger partial charge in [-0.1, -0.05) is 85.1 Å². The van der Waals surface area contributed by atoms with Crippen molar-refractivity contribution in [3.8, 4) is 11.5 Å². The number of ether oxygens (including phenoxy) is 2. The zero-order valence-corrected chi connectivity index (χ0v) is 36.3. The Morgan fingerprint density at radius 1 is 1.19 bits per heavy atom. The molecular weight excluding hydrogens is 701 g/mol. The van der Waals surface area contributed by atoms with Crippen molar-refractivity contribution in [2.24, 2.45) is 23.7 Å². The fraction of sp³-hybridized carbons (Fsp3) is 0.651. The maximum absolute atomic E-state index is 13.9. The third kappa shape index (κ3) is 9.47. The van der Waals surface area contributed by atoms with Crippen LogP contribution in [0.3, 0.4) is 0 Å². The number of nitrogens with one attached hydrogen (secondary N) is 1. The largest absolute Gasteiger partial charge is 0.507 e. The zero-order valence-electron chi connectivity index (χ0n) is 34.5. The lowest BCUT2D eigenvalue weighted by Gasteiger charge is -2.50. The van der Waals surface area contributed by atoms with E-state index in [1.807, 2.05) is 39.8 Å². The first-order valence-corrected chi connectivity index (χ1v) is 23.1. The van der Waals surface area contributed by atoms with Gasteiger partial charge in [-0.05, 0) is 112 Å². The number of amides is 1. The highest BCUT2D eigenvalue weighted by molar-refractivity contribution is 7.80. The van der Waals surface area contributed by atoms with E-state index in [0.717, 1.165) is 55.2 Å². The molecule has 6 atom stereocenters. The molecule has 3 aliphatic rings. The summed E-state index contributed by atoms with van der Waals surface area (Å²) in [5, 5.41) is 15.0. The van der Waals surface area contributed by atoms with Crippen LogP contribution >= 0.6 is 12.2 Å². The van der Waals surface area contributed by atoms with E-state index in [4.69, 9.17) is 26.1 Å². The van der Waals surface area contributed by atoms with Crippen molar-refractivity contribution in [2.45, 2.75) is 144 Å². The number of carbonyl (C=O) groups is 2. The van der Waals surface area contributed by atoms with Crippen molar-refractivity contribution < 1.29 is 28.6 Å². The predicted octanol–water partition coefficient (Wildman–Crippen LogP) is 9.73. The molecule has 1 aromatic carbocycles. The van der Waals surface area contributed by atoms with Crippen LogP contribution in [0.4, 0.5) is 0 Å². The first-order valence-electron chi connectivity index (χ1n) is 19.7. The van der Waals surface area contributed by atoms with Crippen LogP contribution in [-0.2, 0) is 25.2 Å². The summed E-state index contributed by atoms with van der Waals surface area (Å²) in [5.74, 6) is -0.214. The zero-order chi connectivity index (χ0) is 39.6. The number of aromatic hydroxyl groups is 1. The summed E-state index contributed by atoms with van der Waals surface area (Å²) < 4.78 is 18.9. The Kier molecular flexibility index (Phi) is 13.9. The Balaban J connectivity index is 1.63. The molecule has 1 saturated heterocycles. The minimum absolute atomic E-state index is 0.00687. The molecule has 1 fully saturated rings. The lowest BCUT2D eigenvalue weighted by molar-refractivity contribution is -0.163. The summed E-state index contributed by atoms with van der Waals surface area (Å²) in [6.45, 7) is 30.1. The van der Waals surface area contributed by atoms with Gasteiger partial charge in [0, 0.05) is 23.9 Å². The highest BCUT2D eigenvalue weighted by atomic mass is 32.1. The highest BCUT2D eigenvalue weighted by Gasteiger charge is 2.61. The Morgan fingerprint density at radius 3 is 2.47 bits per heavy atom. The Labute approximate surface area is 325 Å². The van der Waals surface area contributed by atoms with Crippen LogP contribution in [0.2, 0.25) is 18.1 Å². The lowest BCUT2D eigenvalue weighted by atomic mass is 9.73. The first kappa shape index (κ1) is 42.8. The SMILES string of the molecule is C=C(C)[C@@H]1CCC(C)=C[C@H]1c1c(O)cc(CCCCC)cc1OC(=S)NCC1=C(C(=O)OCC(C)C)N2C(=O)[C@H]([C@@H](C)O[Si](C)(C)C(C)(C)C)C2[C@H]1C. The first-order chi connectivity index (χ1) is 24.7. The molecule has 2 aliphatic heterocycles. The molecule has 2 heterocycles. The summed E-state index contributed by atoms with van der Waals surface area (Å²) in [5.41, 5.74) is 5.09. The Bertz CT molecular complexity index is 1620. The van der Waals surface area contributed by atoms with E-state index in [2.05, 4.69) is 72.6 Å². The van der Waals surface area contributed by atoms with Gasteiger partial charge < -0.3 is 29.2 Å². The molecule has 8 nitrogen and oxygen atoms in total. The van der Waals surface area contributed by atoms with E-state index in [9.17, 15) is 14.7 Å². The molecule has 294 valence electrons. The van der Waals surface area contributed by atoms with Crippen molar-refractivity contribution >= 4 is 37.6 Å². The number of β-lactam (4-membered cyclic amide) rings is 1. The predicted molar refractivity (Wildman–Crippen MR) is 220 cm³/mol. The molecular formula is C43H66N2O6SSi. The highest BCUT2D eigenvalue weighted by Crippen LogP contribution is 2.50. The van der Waals surface area contributed by atoms with E-state index in [-0.39, 0.29) is 76.8 Å². The van der Waals surface area contributed by atoms with E-state index >= 15 is 0 Å². The number of phenolic OH excluding ortho intramolecular Hbond substituents is 1. The number of unbranched alkanes of at least 4 members (excludes halogenated alkanes) is 2. The summed E-state index contributed by atoms with van der Waals surface area (Å²) in [4.78, 5) is 29.2. The monoisotopic (exact) mass is 766 g/mol. The number of phenols is 1. The van der Waals surface area contributed by atoms with Gasteiger partial charge >= 0.3 is 5.97 Å². The second-order valence-corrected chi connectivity index (χ2v) is 22.8. The number of allylic oxidation sites excluding steroid dienone is 3. The quantitative estimate of drug-likeness (QED) is 0.0455. The molecule has 1 aromatic rings. The molecule has 4 rings (SSSR count). The standard InChI is InChI=1S/C43H66N2O6SSi/c1-14-15-16-17-30-21-34(46)37(32-20-27(6)18-19-31(32)26(4)5)35(22-30)50-42(52)44-23-33-28(7)38-36(29(8)51-53(12,13)43(9,10)11)40(47)45(38)39(33)41(48)49-24-25(2)3/h20-22,25,28-29,31-32,36,38,46H,4,14-19,23-24H2,1-3,5-13H3,(H,44,52)/t28-,29+,31-,32+,36+,38?/m0/s1. The van der Waals surface area contributed by atoms with Crippen molar-refractivity contribution in [2.75, 3.05) is 13.2 Å². The van der Waals surface area contributed by atoms with Gasteiger partial charge in [-0.15, -0.1) is 0 Å². The van der Waals surface area contributed by atoms with Crippen LogP contribution in [0.25, 0.3) is 0 Å². The normalized spacial score (nSPS) is 23.7. The van der Waals surface area contributed by atoms with Gasteiger partial charge in [-0.3, -0.25) is 4.79 Å².